The number of hydrogen-bond donors (Lipinski definition) is 2. The van der Waals surface area contributed by atoms with E-state index in [0.717, 1.165) is 24.8 Å². The molecule has 1 fully saturated rings. The van der Waals surface area contributed by atoms with Crippen molar-refractivity contribution in [3.8, 4) is 0 Å². The van der Waals surface area contributed by atoms with Gasteiger partial charge in [0.25, 0.3) is 0 Å². The normalized spacial score (nSPS) is 25.7. The number of carbonyl (C=O) groups is 1. The second-order valence-corrected chi connectivity index (χ2v) is 4.06. The predicted molar refractivity (Wildman–Crippen MR) is 54.4 cm³/mol. The standard InChI is InChI=1S/C10H15N3O2/c11-8-2-1-3-9(8)13-6-7(5-12-13)4-10(14)15/h5-6,8-9H,1-4,11H2,(H,14,15). The molecule has 0 aromatic carbocycles. The first kappa shape index (κ1) is 10.2. The highest BCUT2D eigenvalue weighted by Crippen LogP contribution is 2.28. The van der Waals surface area contributed by atoms with Crippen LogP contribution in [0.15, 0.2) is 12.4 Å². The van der Waals surface area contributed by atoms with E-state index in [-0.39, 0.29) is 18.5 Å². The highest BCUT2D eigenvalue weighted by Gasteiger charge is 2.26. The van der Waals surface area contributed by atoms with Crippen LogP contribution in [0.1, 0.15) is 30.9 Å². The maximum absolute atomic E-state index is 10.5. The van der Waals surface area contributed by atoms with Crippen LogP contribution < -0.4 is 5.73 Å². The molecule has 1 aliphatic carbocycles. The average molecular weight is 209 g/mol. The Bertz CT molecular complexity index is 361. The van der Waals surface area contributed by atoms with Crippen LogP contribution in [0.2, 0.25) is 0 Å². The Morgan fingerprint density at radius 1 is 1.67 bits per heavy atom. The molecule has 1 aliphatic rings. The molecule has 1 saturated carbocycles. The number of rotatable bonds is 3. The monoisotopic (exact) mass is 209 g/mol. The van der Waals surface area contributed by atoms with Crippen molar-refractivity contribution in [3.05, 3.63) is 18.0 Å². The lowest BCUT2D eigenvalue weighted by Crippen LogP contribution is -2.27. The lowest BCUT2D eigenvalue weighted by Gasteiger charge is -2.15. The van der Waals surface area contributed by atoms with Crippen molar-refractivity contribution in [2.45, 2.75) is 37.8 Å². The van der Waals surface area contributed by atoms with E-state index in [1.54, 1.807) is 12.4 Å². The molecule has 1 aromatic heterocycles. The number of nitrogens with two attached hydrogens (primary N) is 1. The second kappa shape index (κ2) is 4.02. The molecule has 15 heavy (non-hydrogen) atoms. The van der Waals surface area contributed by atoms with E-state index >= 15 is 0 Å². The van der Waals surface area contributed by atoms with Gasteiger partial charge in [0.05, 0.1) is 18.7 Å². The highest BCUT2D eigenvalue weighted by atomic mass is 16.4. The van der Waals surface area contributed by atoms with Crippen LogP contribution in [0.5, 0.6) is 0 Å². The van der Waals surface area contributed by atoms with Crippen molar-refractivity contribution in [1.29, 1.82) is 0 Å². The summed E-state index contributed by atoms with van der Waals surface area (Å²) in [5.41, 5.74) is 6.68. The Morgan fingerprint density at radius 3 is 3.07 bits per heavy atom. The first-order valence-electron chi connectivity index (χ1n) is 5.17. The van der Waals surface area contributed by atoms with Crippen molar-refractivity contribution in [3.63, 3.8) is 0 Å². The summed E-state index contributed by atoms with van der Waals surface area (Å²) < 4.78 is 1.82. The zero-order valence-electron chi connectivity index (χ0n) is 8.47. The largest absolute Gasteiger partial charge is 0.481 e. The van der Waals surface area contributed by atoms with Gasteiger partial charge < -0.3 is 10.8 Å². The summed E-state index contributed by atoms with van der Waals surface area (Å²) in [5, 5.41) is 12.8. The van der Waals surface area contributed by atoms with Crippen LogP contribution in [0, 0.1) is 0 Å². The quantitative estimate of drug-likeness (QED) is 0.762. The van der Waals surface area contributed by atoms with E-state index in [4.69, 9.17) is 10.8 Å². The molecule has 5 nitrogen and oxygen atoms in total. The number of aromatic nitrogens is 2. The summed E-state index contributed by atoms with van der Waals surface area (Å²) in [6.07, 6.45) is 6.62. The third-order valence-corrected chi connectivity index (χ3v) is 2.88. The Labute approximate surface area is 87.9 Å². The SMILES string of the molecule is NC1CCCC1n1cc(CC(=O)O)cn1. The number of hydrogen-bond acceptors (Lipinski definition) is 3. The van der Waals surface area contributed by atoms with Gasteiger partial charge in [-0.25, -0.2) is 0 Å². The number of carboxylic acid groups (broad SMARTS) is 1. The van der Waals surface area contributed by atoms with Crippen molar-refractivity contribution in [2.75, 3.05) is 0 Å². The van der Waals surface area contributed by atoms with Gasteiger partial charge in [-0.1, -0.05) is 0 Å². The van der Waals surface area contributed by atoms with Crippen LogP contribution in [-0.2, 0) is 11.2 Å². The zero-order valence-corrected chi connectivity index (χ0v) is 8.47. The lowest BCUT2D eigenvalue weighted by atomic mass is 10.2. The zero-order chi connectivity index (χ0) is 10.8. The third kappa shape index (κ3) is 2.18. The minimum Gasteiger partial charge on any atom is -0.481 e. The molecule has 1 aromatic rings. The minimum atomic E-state index is -0.828. The van der Waals surface area contributed by atoms with Gasteiger partial charge in [0.15, 0.2) is 0 Å². The van der Waals surface area contributed by atoms with E-state index in [1.165, 1.54) is 0 Å². The van der Waals surface area contributed by atoms with Gasteiger partial charge in [-0.3, -0.25) is 9.48 Å². The summed E-state index contributed by atoms with van der Waals surface area (Å²) >= 11 is 0. The molecular formula is C10H15N3O2. The molecule has 2 rings (SSSR count). The van der Waals surface area contributed by atoms with Crippen LogP contribution in [0.3, 0.4) is 0 Å². The molecule has 0 bridgehead atoms. The molecule has 0 amide bonds. The summed E-state index contributed by atoms with van der Waals surface area (Å²) in [6.45, 7) is 0. The van der Waals surface area contributed by atoms with E-state index in [0.29, 0.717) is 0 Å². The maximum Gasteiger partial charge on any atom is 0.307 e. The summed E-state index contributed by atoms with van der Waals surface area (Å²) in [7, 11) is 0. The van der Waals surface area contributed by atoms with Crippen LogP contribution in [-0.4, -0.2) is 26.9 Å². The highest BCUT2D eigenvalue weighted by molar-refractivity contribution is 5.69. The van der Waals surface area contributed by atoms with Crippen molar-refractivity contribution < 1.29 is 9.90 Å². The Morgan fingerprint density at radius 2 is 2.47 bits per heavy atom. The molecule has 1 heterocycles. The fourth-order valence-electron chi connectivity index (χ4n) is 2.12. The predicted octanol–water partition coefficient (Wildman–Crippen LogP) is 0.562. The van der Waals surface area contributed by atoms with E-state index in [2.05, 4.69) is 5.10 Å². The number of aliphatic carboxylic acids is 1. The second-order valence-electron chi connectivity index (χ2n) is 4.06. The van der Waals surface area contributed by atoms with Crippen LogP contribution in [0.4, 0.5) is 0 Å². The molecule has 2 unspecified atom stereocenters. The summed E-state index contributed by atoms with van der Waals surface area (Å²) in [5.74, 6) is -0.828. The van der Waals surface area contributed by atoms with Gasteiger partial charge in [0.2, 0.25) is 0 Å². The topological polar surface area (TPSA) is 81.1 Å². The fourth-order valence-corrected chi connectivity index (χ4v) is 2.12. The lowest BCUT2D eigenvalue weighted by molar-refractivity contribution is -0.136. The first-order chi connectivity index (χ1) is 7.16. The summed E-state index contributed by atoms with van der Waals surface area (Å²) in [4.78, 5) is 10.5. The van der Waals surface area contributed by atoms with Crippen molar-refractivity contribution in [2.24, 2.45) is 5.73 Å². The molecule has 0 aliphatic heterocycles. The smallest absolute Gasteiger partial charge is 0.307 e. The van der Waals surface area contributed by atoms with Gasteiger partial charge in [-0.15, -0.1) is 0 Å². The minimum absolute atomic E-state index is 0.0297. The maximum atomic E-state index is 10.5. The van der Waals surface area contributed by atoms with Crippen LogP contribution >= 0.6 is 0 Å². The van der Waals surface area contributed by atoms with Crippen molar-refractivity contribution >= 4 is 5.97 Å². The summed E-state index contributed by atoms with van der Waals surface area (Å²) in [6, 6.07) is 0.398. The molecule has 2 atom stereocenters. The van der Waals surface area contributed by atoms with Crippen molar-refractivity contribution in [1.82, 2.24) is 9.78 Å². The van der Waals surface area contributed by atoms with Gasteiger partial charge in [0, 0.05) is 17.8 Å². The first-order valence-corrected chi connectivity index (χ1v) is 5.17. The molecule has 0 saturated heterocycles. The molecule has 82 valence electrons. The Balaban J connectivity index is 2.09. The molecule has 0 spiro atoms. The Hall–Kier alpha value is -1.36. The molecule has 3 N–H and O–H groups in total. The fraction of sp³-hybridized carbons (Fsp3) is 0.600. The Kier molecular flexibility index (Phi) is 2.73. The average Bonchev–Trinajstić information content (AvgIpc) is 2.72. The molecule has 0 radical (unpaired) electrons. The van der Waals surface area contributed by atoms with E-state index in [1.807, 2.05) is 4.68 Å². The molecule has 5 heteroatoms. The molecular weight excluding hydrogens is 194 g/mol. The number of carboxylic acids is 1. The van der Waals surface area contributed by atoms with E-state index in [9.17, 15) is 4.79 Å². The number of nitrogens with zero attached hydrogens (tertiary/aromatic N) is 2. The third-order valence-electron chi connectivity index (χ3n) is 2.88. The van der Waals surface area contributed by atoms with Crippen LogP contribution in [0.25, 0.3) is 0 Å². The van der Waals surface area contributed by atoms with Gasteiger partial charge in [-0.05, 0) is 19.3 Å². The van der Waals surface area contributed by atoms with Gasteiger partial charge in [-0.2, -0.15) is 5.10 Å². The van der Waals surface area contributed by atoms with E-state index < -0.39 is 5.97 Å². The van der Waals surface area contributed by atoms with Gasteiger partial charge >= 0.3 is 5.97 Å². The van der Waals surface area contributed by atoms with Gasteiger partial charge in [0.1, 0.15) is 0 Å².